The SMILES string of the molecule is CN=C(NCc1cccc(CN2CCCC2=O)c1)N(C)CCOc1ccc(Cl)cc1. The standard InChI is InChI=1S/C23H29ClN4O2/c1-25-23(27(2)13-14-30-21-10-8-20(24)9-11-21)26-16-18-5-3-6-19(15-18)17-28-12-4-7-22(28)29/h3,5-6,8-11,15H,4,7,12-14,16-17H2,1-2H3,(H,25,26). The average molecular weight is 429 g/mol. The van der Waals surface area contributed by atoms with Crippen molar-refractivity contribution >= 4 is 23.5 Å². The Bertz CT molecular complexity index is 870. The highest BCUT2D eigenvalue weighted by atomic mass is 35.5. The summed E-state index contributed by atoms with van der Waals surface area (Å²) in [7, 11) is 3.75. The van der Waals surface area contributed by atoms with Gasteiger partial charge in [0.2, 0.25) is 5.91 Å². The predicted molar refractivity (Wildman–Crippen MR) is 121 cm³/mol. The quantitative estimate of drug-likeness (QED) is 0.516. The maximum absolute atomic E-state index is 11.9. The number of benzene rings is 2. The van der Waals surface area contributed by atoms with Gasteiger partial charge < -0.3 is 19.9 Å². The van der Waals surface area contributed by atoms with Crippen LogP contribution in [0.2, 0.25) is 5.02 Å². The number of likely N-dealkylation sites (tertiary alicyclic amines) is 1. The topological polar surface area (TPSA) is 57.2 Å². The fourth-order valence-electron chi connectivity index (χ4n) is 3.43. The van der Waals surface area contributed by atoms with Crippen molar-refractivity contribution in [2.75, 3.05) is 33.8 Å². The van der Waals surface area contributed by atoms with E-state index in [1.165, 1.54) is 0 Å². The number of amides is 1. The molecule has 0 radical (unpaired) electrons. The van der Waals surface area contributed by atoms with E-state index in [4.69, 9.17) is 16.3 Å². The molecule has 1 saturated heterocycles. The zero-order chi connectivity index (χ0) is 21.3. The molecule has 0 unspecified atom stereocenters. The van der Waals surface area contributed by atoms with Crippen LogP contribution in [0, 0.1) is 0 Å². The fourth-order valence-corrected chi connectivity index (χ4v) is 3.56. The molecule has 1 aliphatic heterocycles. The number of aliphatic imine (C=N–C) groups is 1. The number of nitrogens with one attached hydrogen (secondary N) is 1. The minimum atomic E-state index is 0.251. The lowest BCUT2D eigenvalue weighted by Crippen LogP contribution is -2.40. The van der Waals surface area contributed by atoms with Crippen LogP contribution in [-0.4, -0.2) is 55.5 Å². The van der Waals surface area contributed by atoms with Crippen molar-refractivity contribution in [2.45, 2.75) is 25.9 Å². The van der Waals surface area contributed by atoms with Gasteiger partial charge in [-0.25, -0.2) is 0 Å². The molecule has 1 aliphatic rings. The van der Waals surface area contributed by atoms with E-state index in [1.54, 1.807) is 7.05 Å². The Morgan fingerprint density at radius 3 is 2.70 bits per heavy atom. The Kier molecular flexibility index (Phi) is 7.97. The summed E-state index contributed by atoms with van der Waals surface area (Å²) >= 11 is 5.90. The van der Waals surface area contributed by atoms with E-state index in [-0.39, 0.29) is 5.91 Å². The van der Waals surface area contributed by atoms with Crippen LogP contribution in [0.1, 0.15) is 24.0 Å². The van der Waals surface area contributed by atoms with Crippen LogP contribution in [0.3, 0.4) is 0 Å². The van der Waals surface area contributed by atoms with Crippen molar-refractivity contribution in [2.24, 2.45) is 4.99 Å². The lowest BCUT2D eigenvalue weighted by molar-refractivity contribution is -0.128. The van der Waals surface area contributed by atoms with Gasteiger partial charge in [0.25, 0.3) is 0 Å². The largest absolute Gasteiger partial charge is 0.492 e. The highest BCUT2D eigenvalue weighted by Gasteiger charge is 2.19. The highest BCUT2D eigenvalue weighted by Crippen LogP contribution is 2.16. The van der Waals surface area contributed by atoms with Crippen molar-refractivity contribution in [1.82, 2.24) is 15.1 Å². The van der Waals surface area contributed by atoms with Crippen molar-refractivity contribution in [3.63, 3.8) is 0 Å². The second-order valence-corrected chi connectivity index (χ2v) is 7.80. The Hall–Kier alpha value is -2.73. The minimum absolute atomic E-state index is 0.251. The van der Waals surface area contributed by atoms with Crippen LogP contribution >= 0.6 is 11.6 Å². The number of carbonyl (C=O) groups is 1. The molecule has 2 aromatic carbocycles. The van der Waals surface area contributed by atoms with Crippen LogP contribution in [0.25, 0.3) is 0 Å². The van der Waals surface area contributed by atoms with Gasteiger partial charge in [0.1, 0.15) is 12.4 Å². The third-order valence-electron chi connectivity index (χ3n) is 5.07. The summed E-state index contributed by atoms with van der Waals surface area (Å²) in [5.41, 5.74) is 2.32. The van der Waals surface area contributed by atoms with Gasteiger partial charge in [0, 0.05) is 45.2 Å². The van der Waals surface area contributed by atoms with Crippen molar-refractivity contribution in [1.29, 1.82) is 0 Å². The van der Waals surface area contributed by atoms with Crippen molar-refractivity contribution in [3.05, 3.63) is 64.7 Å². The highest BCUT2D eigenvalue weighted by molar-refractivity contribution is 6.30. The number of ether oxygens (including phenoxy) is 1. The molecular weight excluding hydrogens is 400 g/mol. The number of guanidine groups is 1. The first kappa shape index (κ1) is 22.0. The Morgan fingerprint density at radius 2 is 2.00 bits per heavy atom. The summed E-state index contributed by atoms with van der Waals surface area (Å²) in [4.78, 5) is 20.2. The van der Waals surface area contributed by atoms with E-state index in [1.807, 2.05) is 47.2 Å². The lowest BCUT2D eigenvalue weighted by atomic mass is 10.1. The third-order valence-corrected chi connectivity index (χ3v) is 5.32. The number of hydrogen-bond donors (Lipinski definition) is 1. The van der Waals surface area contributed by atoms with Gasteiger partial charge >= 0.3 is 0 Å². The average Bonchev–Trinajstić information content (AvgIpc) is 3.14. The number of nitrogens with zero attached hydrogens (tertiary/aromatic N) is 3. The normalized spacial score (nSPS) is 14.2. The first-order chi connectivity index (χ1) is 14.5. The van der Waals surface area contributed by atoms with Crippen LogP contribution in [0.4, 0.5) is 0 Å². The zero-order valence-electron chi connectivity index (χ0n) is 17.6. The molecule has 1 N–H and O–H groups in total. The number of carbonyl (C=O) groups excluding carboxylic acids is 1. The molecular formula is C23H29ClN4O2. The van der Waals surface area contributed by atoms with E-state index in [0.717, 1.165) is 35.8 Å². The van der Waals surface area contributed by atoms with E-state index in [0.29, 0.717) is 37.7 Å². The van der Waals surface area contributed by atoms with Crippen LogP contribution < -0.4 is 10.1 Å². The number of likely N-dealkylation sites (N-methyl/N-ethyl adjacent to an activating group) is 1. The molecule has 0 saturated carbocycles. The zero-order valence-corrected chi connectivity index (χ0v) is 18.4. The molecule has 2 aromatic rings. The van der Waals surface area contributed by atoms with Gasteiger partial charge in [0.15, 0.2) is 5.96 Å². The maximum atomic E-state index is 11.9. The molecule has 3 rings (SSSR count). The first-order valence-corrected chi connectivity index (χ1v) is 10.6. The van der Waals surface area contributed by atoms with E-state index in [2.05, 4.69) is 28.5 Å². The molecule has 0 aromatic heterocycles. The Labute approximate surface area is 183 Å². The summed E-state index contributed by atoms with van der Waals surface area (Å²) in [5.74, 6) is 1.85. The van der Waals surface area contributed by atoms with E-state index in [9.17, 15) is 4.79 Å². The molecule has 7 heteroatoms. The smallest absolute Gasteiger partial charge is 0.222 e. The summed E-state index contributed by atoms with van der Waals surface area (Å²) < 4.78 is 5.76. The van der Waals surface area contributed by atoms with E-state index >= 15 is 0 Å². The van der Waals surface area contributed by atoms with Gasteiger partial charge in [0.05, 0.1) is 6.54 Å². The molecule has 1 amide bonds. The summed E-state index contributed by atoms with van der Waals surface area (Å²) in [6.07, 6.45) is 1.64. The van der Waals surface area contributed by atoms with Crippen molar-refractivity contribution < 1.29 is 9.53 Å². The van der Waals surface area contributed by atoms with Gasteiger partial charge in [-0.1, -0.05) is 35.9 Å². The minimum Gasteiger partial charge on any atom is -0.492 e. The van der Waals surface area contributed by atoms with Crippen LogP contribution in [0.5, 0.6) is 5.75 Å². The lowest BCUT2D eigenvalue weighted by Gasteiger charge is -2.22. The monoisotopic (exact) mass is 428 g/mol. The van der Waals surface area contributed by atoms with E-state index < -0.39 is 0 Å². The van der Waals surface area contributed by atoms with Crippen LogP contribution in [0.15, 0.2) is 53.5 Å². The fraction of sp³-hybridized carbons (Fsp3) is 0.391. The Balaban J connectivity index is 1.46. The molecule has 0 atom stereocenters. The van der Waals surface area contributed by atoms with Gasteiger partial charge in [-0.3, -0.25) is 9.79 Å². The molecule has 1 heterocycles. The Morgan fingerprint density at radius 1 is 1.23 bits per heavy atom. The van der Waals surface area contributed by atoms with Crippen molar-refractivity contribution in [3.8, 4) is 5.75 Å². The molecule has 30 heavy (non-hydrogen) atoms. The third kappa shape index (κ3) is 6.39. The maximum Gasteiger partial charge on any atom is 0.222 e. The number of halogens is 1. The molecule has 160 valence electrons. The second kappa shape index (κ2) is 10.9. The van der Waals surface area contributed by atoms with Gasteiger partial charge in [-0.15, -0.1) is 0 Å². The summed E-state index contributed by atoms with van der Waals surface area (Å²) in [6.45, 7) is 3.44. The van der Waals surface area contributed by atoms with Crippen LogP contribution in [-0.2, 0) is 17.9 Å². The number of hydrogen-bond acceptors (Lipinski definition) is 3. The predicted octanol–water partition coefficient (Wildman–Crippen LogP) is 3.55. The summed E-state index contributed by atoms with van der Waals surface area (Å²) in [5, 5.41) is 4.09. The van der Waals surface area contributed by atoms with Gasteiger partial charge in [-0.2, -0.15) is 0 Å². The first-order valence-electron chi connectivity index (χ1n) is 10.2. The molecule has 0 spiro atoms. The molecule has 0 aliphatic carbocycles. The second-order valence-electron chi connectivity index (χ2n) is 7.36. The number of rotatable bonds is 8. The molecule has 6 nitrogen and oxygen atoms in total. The molecule has 1 fully saturated rings. The summed E-state index contributed by atoms with van der Waals surface area (Å²) in [6, 6.07) is 15.7. The molecule has 0 bridgehead atoms. The van der Waals surface area contributed by atoms with Gasteiger partial charge in [-0.05, 0) is 41.8 Å².